The minimum Gasteiger partial charge on any atom is -0.472 e. The molecule has 6 nitrogen and oxygen atoms in total. The SMILES string of the molecule is Nc1cc(OC2CCN(C(=O)O)C2)nc(C(F)(F)F)c1. The molecule has 3 N–H and O–H groups in total. The van der Waals surface area contributed by atoms with E-state index >= 15 is 0 Å². The first-order valence-electron chi connectivity index (χ1n) is 5.75. The topological polar surface area (TPSA) is 88.7 Å². The van der Waals surface area contributed by atoms with E-state index in [9.17, 15) is 18.0 Å². The van der Waals surface area contributed by atoms with Gasteiger partial charge >= 0.3 is 12.3 Å². The third kappa shape index (κ3) is 3.22. The van der Waals surface area contributed by atoms with E-state index in [1.165, 1.54) is 6.07 Å². The Balaban J connectivity index is 2.11. The van der Waals surface area contributed by atoms with Gasteiger partial charge in [0.2, 0.25) is 5.88 Å². The number of carbonyl (C=O) groups is 1. The number of rotatable bonds is 2. The Morgan fingerprint density at radius 3 is 2.75 bits per heavy atom. The molecule has 9 heteroatoms. The molecule has 1 saturated heterocycles. The zero-order valence-corrected chi connectivity index (χ0v) is 10.2. The Kier molecular flexibility index (Phi) is 3.60. The number of amides is 1. The maximum absolute atomic E-state index is 12.6. The Labute approximate surface area is 112 Å². The number of alkyl halides is 3. The number of carboxylic acid groups (broad SMARTS) is 1. The van der Waals surface area contributed by atoms with E-state index in [1.54, 1.807) is 0 Å². The number of nitrogens with two attached hydrogens (primary N) is 1. The number of anilines is 1. The lowest BCUT2D eigenvalue weighted by molar-refractivity contribution is -0.141. The summed E-state index contributed by atoms with van der Waals surface area (Å²) < 4.78 is 43.0. The van der Waals surface area contributed by atoms with Crippen molar-refractivity contribution in [2.75, 3.05) is 18.8 Å². The van der Waals surface area contributed by atoms with Crippen LogP contribution in [0.15, 0.2) is 12.1 Å². The molecule has 1 aromatic rings. The third-order valence-electron chi connectivity index (χ3n) is 2.82. The molecule has 0 aliphatic carbocycles. The summed E-state index contributed by atoms with van der Waals surface area (Å²) in [5.74, 6) is -0.255. The number of nitrogens with zero attached hydrogens (tertiary/aromatic N) is 2. The van der Waals surface area contributed by atoms with Crippen molar-refractivity contribution in [2.24, 2.45) is 0 Å². The molecule has 1 fully saturated rings. The van der Waals surface area contributed by atoms with Crippen LogP contribution < -0.4 is 10.5 Å². The van der Waals surface area contributed by atoms with Crippen molar-refractivity contribution in [3.05, 3.63) is 17.8 Å². The van der Waals surface area contributed by atoms with E-state index in [0.717, 1.165) is 4.90 Å². The van der Waals surface area contributed by atoms with Gasteiger partial charge in [0.1, 0.15) is 6.10 Å². The second-order valence-electron chi connectivity index (χ2n) is 4.38. The number of nitrogen functional groups attached to an aromatic ring is 1. The van der Waals surface area contributed by atoms with Crippen molar-refractivity contribution < 1.29 is 27.8 Å². The lowest BCUT2D eigenvalue weighted by Crippen LogP contribution is -2.29. The maximum atomic E-state index is 12.6. The van der Waals surface area contributed by atoms with Crippen LogP contribution >= 0.6 is 0 Å². The molecule has 1 aromatic heterocycles. The monoisotopic (exact) mass is 291 g/mol. The number of pyridine rings is 1. The summed E-state index contributed by atoms with van der Waals surface area (Å²) >= 11 is 0. The average Bonchev–Trinajstić information content (AvgIpc) is 2.75. The van der Waals surface area contributed by atoms with Gasteiger partial charge in [-0.05, 0) is 6.07 Å². The highest BCUT2D eigenvalue weighted by atomic mass is 19.4. The van der Waals surface area contributed by atoms with Crippen molar-refractivity contribution in [3.63, 3.8) is 0 Å². The minimum absolute atomic E-state index is 0.0904. The number of hydrogen-bond donors (Lipinski definition) is 2. The highest BCUT2D eigenvalue weighted by Gasteiger charge is 2.34. The average molecular weight is 291 g/mol. The number of aromatic nitrogens is 1. The Morgan fingerprint density at radius 2 is 2.20 bits per heavy atom. The fourth-order valence-corrected chi connectivity index (χ4v) is 1.90. The summed E-state index contributed by atoms with van der Waals surface area (Å²) in [6.45, 7) is 0.363. The van der Waals surface area contributed by atoms with Crippen molar-refractivity contribution in [1.29, 1.82) is 0 Å². The molecular weight excluding hydrogens is 279 g/mol. The third-order valence-corrected chi connectivity index (χ3v) is 2.82. The van der Waals surface area contributed by atoms with E-state index in [2.05, 4.69) is 4.98 Å². The summed E-state index contributed by atoms with van der Waals surface area (Å²) in [5, 5.41) is 8.78. The van der Waals surface area contributed by atoms with E-state index in [1.807, 2.05) is 0 Å². The van der Waals surface area contributed by atoms with Gasteiger partial charge in [-0.15, -0.1) is 0 Å². The van der Waals surface area contributed by atoms with Crippen LogP contribution in [0.1, 0.15) is 12.1 Å². The second-order valence-corrected chi connectivity index (χ2v) is 4.38. The zero-order valence-electron chi connectivity index (χ0n) is 10.2. The summed E-state index contributed by atoms with van der Waals surface area (Å²) in [4.78, 5) is 15.2. The van der Waals surface area contributed by atoms with Gasteiger partial charge in [-0.3, -0.25) is 0 Å². The van der Waals surface area contributed by atoms with Gasteiger partial charge in [-0.25, -0.2) is 9.78 Å². The Morgan fingerprint density at radius 1 is 1.50 bits per heavy atom. The van der Waals surface area contributed by atoms with Gasteiger partial charge in [0, 0.05) is 24.7 Å². The predicted octanol–water partition coefficient (Wildman–Crippen LogP) is 1.81. The van der Waals surface area contributed by atoms with Crippen molar-refractivity contribution in [2.45, 2.75) is 18.7 Å². The molecule has 1 aliphatic heterocycles. The molecule has 110 valence electrons. The van der Waals surface area contributed by atoms with Gasteiger partial charge in [0.25, 0.3) is 0 Å². The number of likely N-dealkylation sites (tertiary alicyclic amines) is 1. The first kappa shape index (κ1) is 14.2. The van der Waals surface area contributed by atoms with Crippen LogP contribution in [0, 0.1) is 0 Å². The summed E-state index contributed by atoms with van der Waals surface area (Å²) in [6.07, 6.45) is -5.84. The quantitative estimate of drug-likeness (QED) is 0.867. The Hall–Kier alpha value is -2.19. The molecule has 2 heterocycles. The maximum Gasteiger partial charge on any atom is 0.433 e. The number of ether oxygens (including phenoxy) is 1. The van der Waals surface area contributed by atoms with Crippen molar-refractivity contribution >= 4 is 11.8 Å². The van der Waals surface area contributed by atoms with Gasteiger partial charge in [0.15, 0.2) is 5.69 Å². The van der Waals surface area contributed by atoms with Crippen LogP contribution in [0.3, 0.4) is 0 Å². The molecule has 0 saturated carbocycles. The largest absolute Gasteiger partial charge is 0.472 e. The fraction of sp³-hybridized carbons (Fsp3) is 0.455. The van der Waals surface area contributed by atoms with Crippen LogP contribution in [0.5, 0.6) is 5.88 Å². The fourth-order valence-electron chi connectivity index (χ4n) is 1.90. The molecular formula is C11H12F3N3O3. The van der Waals surface area contributed by atoms with Crippen LogP contribution in [0.25, 0.3) is 0 Å². The van der Waals surface area contributed by atoms with Gasteiger partial charge in [-0.1, -0.05) is 0 Å². The first-order chi connectivity index (χ1) is 9.25. The van der Waals surface area contributed by atoms with Crippen LogP contribution in [-0.2, 0) is 6.18 Å². The Bertz CT molecular complexity index is 521. The first-order valence-corrected chi connectivity index (χ1v) is 5.75. The lowest BCUT2D eigenvalue weighted by Gasteiger charge is -2.15. The molecule has 20 heavy (non-hydrogen) atoms. The molecule has 1 aliphatic rings. The normalized spacial score (nSPS) is 19.1. The lowest BCUT2D eigenvalue weighted by atomic mass is 10.3. The molecule has 0 aromatic carbocycles. The van der Waals surface area contributed by atoms with E-state index in [0.29, 0.717) is 12.5 Å². The molecule has 0 spiro atoms. The number of hydrogen-bond acceptors (Lipinski definition) is 4. The molecule has 0 radical (unpaired) electrons. The molecule has 2 rings (SSSR count). The minimum atomic E-state index is -4.61. The molecule has 1 unspecified atom stereocenters. The standard InChI is InChI=1S/C11H12F3N3O3/c12-11(13,14)8-3-6(15)4-9(16-8)20-7-1-2-17(5-7)10(18)19/h3-4,7H,1-2,5H2,(H2,15,16)(H,18,19). The second kappa shape index (κ2) is 5.06. The van der Waals surface area contributed by atoms with E-state index in [4.69, 9.17) is 15.6 Å². The summed E-state index contributed by atoms with van der Waals surface area (Å²) in [5.41, 5.74) is 4.13. The van der Waals surface area contributed by atoms with E-state index in [-0.39, 0.29) is 24.7 Å². The van der Waals surface area contributed by atoms with Crippen molar-refractivity contribution in [3.8, 4) is 5.88 Å². The van der Waals surface area contributed by atoms with Crippen LogP contribution in [-0.4, -0.2) is 40.3 Å². The molecule has 1 atom stereocenters. The van der Waals surface area contributed by atoms with Crippen LogP contribution in [0.4, 0.5) is 23.7 Å². The zero-order chi connectivity index (χ0) is 14.9. The van der Waals surface area contributed by atoms with Gasteiger partial charge in [-0.2, -0.15) is 13.2 Å². The van der Waals surface area contributed by atoms with Crippen LogP contribution in [0.2, 0.25) is 0 Å². The van der Waals surface area contributed by atoms with Gasteiger partial charge in [0.05, 0.1) is 6.54 Å². The van der Waals surface area contributed by atoms with Gasteiger partial charge < -0.3 is 20.5 Å². The van der Waals surface area contributed by atoms with E-state index < -0.39 is 24.1 Å². The highest BCUT2D eigenvalue weighted by Crippen LogP contribution is 2.31. The highest BCUT2D eigenvalue weighted by molar-refractivity contribution is 5.65. The number of halogens is 3. The predicted molar refractivity (Wildman–Crippen MR) is 62.3 cm³/mol. The summed E-state index contributed by atoms with van der Waals surface area (Å²) in [7, 11) is 0. The summed E-state index contributed by atoms with van der Waals surface area (Å²) in [6, 6.07) is 1.89. The molecule has 1 amide bonds. The molecule has 0 bridgehead atoms. The smallest absolute Gasteiger partial charge is 0.433 e. The van der Waals surface area contributed by atoms with Crippen molar-refractivity contribution in [1.82, 2.24) is 9.88 Å².